The van der Waals surface area contributed by atoms with Gasteiger partial charge in [-0.1, -0.05) is 170 Å². The predicted octanol–water partition coefficient (Wildman–Crippen LogP) is 14.9. The molecule has 0 aliphatic heterocycles. The molecule has 0 fully saturated rings. The fourth-order valence-electron chi connectivity index (χ4n) is 8.14. The Morgan fingerprint density at radius 2 is 0.919 bits per heavy atom. The van der Waals surface area contributed by atoms with Crippen LogP contribution in [0.5, 0.6) is 0 Å². The van der Waals surface area contributed by atoms with Crippen molar-refractivity contribution in [2.24, 2.45) is 0 Å². The molecule has 290 valence electrons. The second-order valence-corrected chi connectivity index (χ2v) is 14.7. The number of hydrogen-bond donors (Lipinski definition) is 0. The number of benzene rings is 9. The summed E-state index contributed by atoms with van der Waals surface area (Å²) in [5.41, 5.74) is 5.48. The normalized spacial score (nSPS) is 13.8. The molecule has 3 aromatic heterocycles. The molecule has 0 unspecified atom stereocenters. The van der Waals surface area contributed by atoms with Crippen molar-refractivity contribution < 1.29 is 18.1 Å². The summed E-state index contributed by atoms with van der Waals surface area (Å²) in [4.78, 5) is 15.0. The molecule has 0 saturated carbocycles. The van der Waals surface area contributed by atoms with Gasteiger partial charge in [0.2, 0.25) is 0 Å². The molecule has 0 spiro atoms. The number of hydrogen-bond acceptors (Lipinski definition) is 4. The van der Waals surface area contributed by atoms with E-state index in [1.165, 1.54) is 36.4 Å². The largest absolute Gasteiger partial charge is 0.455 e. The molecule has 5 heteroatoms. The van der Waals surface area contributed by atoms with Gasteiger partial charge in [-0.15, -0.1) is 0 Å². The lowest BCUT2D eigenvalue weighted by Gasteiger charge is -2.17. The van der Waals surface area contributed by atoms with E-state index in [2.05, 4.69) is 0 Å². The summed E-state index contributed by atoms with van der Waals surface area (Å²) in [5.74, 6) is 1.27. The lowest BCUT2D eigenvalue weighted by molar-refractivity contribution is 0.670. The molecular weight excluding hydrogens is 757 g/mol. The zero-order valence-electron chi connectivity index (χ0n) is 42.7. The molecule has 0 bridgehead atoms. The smallest absolute Gasteiger partial charge is 0.164 e. The highest BCUT2D eigenvalue weighted by Crippen LogP contribution is 2.43. The molecule has 9 aromatic carbocycles. The fraction of sp³-hybridized carbons (Fsp3) is 0. The number of furan rings is 1. The Kier molecular flexibility index (Phi) is 6.31. The van der Waals surface area contributed by atoms with E-state index in [1.807, 2.05) is 121 Å². The molecule has 0 saturated heterocycles. The van der Waals surface area contributed by atoms with Gasteiger partial charge >= 0.3 is 0 Å². The summed E-state index contributed by atoms with van der Waals surface area (Å²) in [6.07, 6.45) is 0. The Morgan fingerprint density at radius 3 is 1.52 bits per heavy atom. The van der Waals surface area contributed by atoms with Crippen LogP contribution in [0.25, 0.3) is 117 Å². The highest BCUT2D eigenvalue weighted by atomic mass is 16.3. The van der Waals surface area contributed by atoms with Crippen LogP contribution in [-0.4, -0.2) is 19.5 Å². The summed E-state index contributed by atoms with van der Waals surface area (Å²) in [6, 6.07) is 44.7. The maximum Gasteiger partial charge on any atom is 0.164 e. The number of nitrogens with zero attached hydrogens (tertiary/aromatic N) is 4. The summed E-state index contributed by atoms with van der Waals surface area (Å²) in [6.45, 7) is 0. The van der Waals surface area contributed by atoms with Crippen LogP contribution in [0.4, 0.5) is 0 Å². The second kappa shape index (κ2) is 14.7. The molecule has 5 nitrogen and oxygen atoms in total. The zero-order valence-corrected chi connectivity index (χ0v) is 32.7. The van der Waals surface area contributed by atoms with Crippen molar-refractivity contribution >= 4 is 43.7 Å². The molecular formula is C57H36N4O. The van der Waals surface area contributed by atoms with Gasteiger partial charge in [-0.3, -0.25) is 0 Å². The molecule has 0 amide bonds. The first-order valence-corrected chi connectivity index (χ1v) is 20.0. The van der Waals surface area contributed by atoms with E-state index in [0.29, 0.717) is 51.0 Å². The van der Waals surface area contributed by atoms with E-state index in [4.69, 9.17) is 27.6 Å². The van der Waals surface area contributed by atoms with Crippen LogP contribution in [-0.2, 0) is 0 Å². The predicted molar refractivity (Wildman–Crippen MR) is 254 cm³/mol. The van der Waals surface area contributed by atoms with Crippen molar-refractivity contribution in [2.75, 3.05) is 0 Å². The molecule has 62 heavy (non-hydrogen) atoms. The van der Waals surface area contributed by atoms with Gasteiger partial charge in [-0.25, -0.2) is 15.0 Å². The Labute approximate surface area is 371 Å². The van der Waals surface area contributed by atoms with E-state index < -0.39 is 0 Å². The van der Waals surface area contributed by atoms with Crippen LogP contribution in [0.2, 0.25) is 0 Å². The first kappa shape index (κ1) is 26.6. The van der Waals surface area contributed by atoms with Crippen LogP contribution in [0.15, 0.2) is 223 Å². The second-order valence-electron chi connectivity index (χ2n) is 14.7. The monoisotopic (exact) mass is 802 g/mol. The Bertz CT molecular complexity index is 4000. The van der Waals surface area contributed by atoms with E-state index in [-0.39, 0.29) is 104 Å². The lowest BCUT2D eigenvalue weighted by atomic mass is 9.97. The number of aromatic nitrogens is 4. The lowest BCUT2D eigenvalue weighted by Crippen LogP contribution is -2.02. The molecule has 0 aliphatic rings. The van der Waals surface area contributed by atoms with Crippen molar-refractivity contribution in [3.05, 3.63) is 218 Å². The number of para-hydroxylation sites is 2. The van der Waals surface area contributed by atoms with Gasteiger partial charge in [0.25, 0.3) is 0 Å². The fourth-order valence-corrected chi connectivity index (χ4v) is 8.14. The van der Waals surface area contributed by atoms with Gasteiger partial charge in [-0.2, -0.15) is 0 Å². The zero-order chi connectivity index (χ0) is 49.7. The van der Waals surface area contributed by atoms with Crippen molar-refractivity contribution in [1.82, 2.24) is 19.5 Å². The van der Waals surface area contributed by atoms with Gasteiger partial charge in [-0.05, 0) is 70.7 Å². The number of rotatable bonds is 7. The van der Waals surface area contributed by atoms with Crippen LogP contribution in [0, 0.1) is 0 Å². The molecule has 0 N–H and O–H groups in total. The first-order valence-electron chi connectivity index (χ1n) is 25.0. The highest BCUT2D eigenvalue weighted by molar-refractivity contribution is 6.14. The third-order valence-corrected chi connectivity index (χ3v) is 11.0. The van der Waals surface area contributed by atoms with E-state index in [0.717, 1.165) is 21.9 Å². The molecule has 3 heterocycles. The third kappa shape index (κ3) is 6.06. The average Bonchev–Trinajstić information content (AvgIpc) is 3.95. The Balaban J connectivity index is 1.22. The van der Waals surface area contributed by atoms with Crippen LogP contribution in [0.1, 0.15) is 13.7 Å². The van der Waals surface area contributed by atoms with Gasteiger partial charge < -0.3 is 8.98 Å². The topological polar surface area (TPSA) is 56.7 Å². The maximum atomic E-state index is 9.96. The molecule has 0 atom stereocenters. The Hall–Kier alpha value is -8.41. The highest BCUT2D eigenvalue weighted by Gasteiger charge is 2.22. The standard InChI is InChI=1S/C57H36N4O/c1-5-16-37(17-6-1)41-28-31-51-48(34-41)49-35-42(38-18-7-2-8-19-38)29-32-52(49)61(51)50-33-30-43(36-47(50)46-26-15-25-45-44-24-13-14-27-53(44)62-54(45)46)57-59-55(39-20-9-3-10-21-39)58-56(60-57)40-22-11-4-12-23-40/h1-36H/i1D,2D,16D,17D,18D,19D,31D,32D,34D,35D. The summed E-state index contributed by atoms with van der Waals surface area (Å²) >= 11 is 0. The van der Waals surface area contributed by atoms with E-state index in [1.54, 1.807) is 4.57 Å². The van der Waals surface area contributed by atoms with Crippen LogP contribution in [0.3, 0.4) is 0 Å². The van der Waals surface area contributed by atoms with E-state index >= 15 is 0 Å². The Morgan fingerprint density at radius 1 is 0.387 bits per heavy atom. The van der Waals surface area contributed by atoms with Gasteiger partial charge in [0.1, 0.15) is 11.2 Å². The van der Waals surface area contributed by atoms with Crippen molar-refractivity contribution in [3.8, 4) is 73.2 Å². The summed E-state index contributed by atoms with van der Waals surface area (Å²) in [7, 11) is 0. The average molecular weight is 803 g/mol. The molecule has 0 aliphatic carbocycles. The van der Waals surface area contributed by atoms with Gasteiger partial charge in [0.05, 0.1) is 30.4 Å². The SMILES string of the molecule is [2H]c1cc([2H])c(-c2cc([2H])c3c(c2[2H])c2c([2H])c(-c4c([2H])cc([2H])cc4[2H])cc([2H])c2n3-c2ccc(-c3nc(-c4ccccc4)nc(-c4ccccc4)n3)cc2-c2cccc3c2oc2ccccc23)c([2H])c1. The van der Waals surface area contributed by atoms with E-state index in [9.17, 15) is 5.48 Å². The maximum absolute atomic E-state index is 9.96. The van der Waals surface area contributed by atoms with Crippen molar-refractivity contribution in [2.45, 2.75) is 0 Å². The van der Waals surface area contributed by atoms with Crippen molar-refractivity contribution in [3.63, 3.8) is 0 Å². The minimum Gasteiger partial charge on any atom is -0.455 e. The minimum absolute atomic E-state index is 0.0257. The first-order chi connectivity index (χ1) is 34.8. The molecule has 12 rings (SSSR count). The number of fused-ring (bicyclic) bond motifs is 6. The summed E-state index contributed by atoms with van der Waals surface area (Å²) in [5, 5.41) is 1.88. The van der Waals surface area contributed by atoms with Gasteiger partial charge in [0, 0.05) is 49.4 Å². The summed E-state index contributed by atoms with van der Waals surface area (Å²) < 4.78 is 99.8. The quantitative estimate of drug-likeness (QED) is 0.161. The van der Waals surface area contributed by atoms with Gasteiger partial charge in [0.15, 0.2) is 17.5 Å². The minimum atomic E-state index is -0.224. The molecule has 12 aromatic rings. The van der Waals surface area contributed by atoms with Crippen LogP contribution >= 0.6 is 0 Å². The van der Waals surface area contributed by atoms with Crippen LogP contribution < -0.4 is 0 Å². The third-order valence-electron chi connectivity index (χ3n) is 11.0. The molecule has 0 radical (unpaired) electrons. The van der Waals surface area contributed by atoms with Crippen molar-refractivity contribution in [1.29, 1.82) is 0 Å².